The van der Waals surface area contributed by atoms with Crippen molar-refractivity contribution in [2.45, 2.75) is 13.2 Å². The van der Waals surface area contributed by atoms with Gasteiger partial charge in [0.1, 0.15) is 5.75 Å². The van der Waals surface area contributed by atoms with E-state index >= 15 is 0 Å². The van der Waals surface area contributed by atoms with E-state index in [1.807, 2.05) is 0 Å². The van der Waals surface area contributed by atoms with Crippen LogP contribution in [0.2, 0.25) is 0 Å². The zero-order valence-corrected chi connectivity index (χ0v) is 13.1. The molecule has 21 heavy (non-hydrogen) atoms. The van der Waals surface area contributed by atoms with Crippen molar-refractivity contribution in [3.8, 4) is 5.75 Å². The molecule has 0 spiro atoms. The number of nitrogens with one attached hydrogen (secondary N) is 1. The molecule has 0 aliphatic heterocycles. The molecule has 0 aliphatic carbocycles. The van der Waals surface area contributed by atoms with Crippen LogP contribution < -0.4 is 10.1 Å². The number of rotatable bonds is 5. The van der Waals surface area contributed by atoms with Crippen molar-refractivity contribution in [3.63, 3.8) is 0 Å². The summed E-state index contributed by atoms with van der Waals surface area (Å²) >= 11 is 3.32. The molecule has 0 saturated heterocycles. The number of hydrogen-bond acceptors (Lipinski definition) is 4. The average Bonchev–Trinajstić information content (AvgIpc) is 2.52. The molecular weight excluding hydrogens is 336 g/mol. The number of aromatic nitrogens is 1. The average molecular weight is 351 g/mol. The van der Waals surface area contributed by atoms with Gasteiger partial charge >= 0.3 is 0 Å². The lowest BCUT2D eigenvalue weighted by molar-refractivity contribution is 0.0950. The van der Waals surface area contributed by atoms with E-state index in [-0.39, 0.29) is 12.5 Å². The summed E-state index contributed by atoms with van der Waals surface area (Å²) in [6.07, 6.45) is 1.63. The van der Waals surface area contributed by atoms with Gasteiger partial charge in [-0.25, -0.2) is 0 Å². The maximum absolute atomic E-state index is 12.1. The highest BCUT2D eigenvalue weighted by molar-refractivity contribution is 9.10. The molecule has 0 radical (unpaired) electrons. The van der Waals surface area contributed by atoms with Gasteiger partial charge in [0.2, 0.25) is 0 Å². The Morgan fingerprint density at radius 1 is 1.38 bits per heavy atom. The molecule has 0 unspecified atom stereocenters. The molecule has 1 aromatic carbocycles. The Morgan fingerprint density at radius 3 is 2.90 bits per heavy atom. The molecule has 1 heterocycles. The number of ether oxygens (including phenoxy) is 1. The quantitative estimate of drug-likeness (QED) is 0.867. The van der Waals surface area contributed by atoms with E-state index in [1.54, 1.807) is 43.6 Å². The summed E-state index contributed by atoms with van der Waals surface area (Å²) < 4.78 is 5.85. The first kappa shape index (κ1) is 15.5. The van der Waals surface area contributed by atoms with Gasteiger partial charge in [-0.3, -0.25) is 9.78 Å². The number of pyridine rings is 1. The second-order valence-electron chi connectivity index (χ2n) is 4.38. The van der Waals surface area contributed by atoms with Crippen molar-refractivity contribution in [3.05, 3.63) is 57.8 Å². The first-order valence-corrected chi connectivity index (χ1v) is 7.09. The summed E-state index contributed by atoms with van der Waals surface area (Å²) in [6, 6.07) is 8.63. The molecular formula is C15H15BrN2O3. The van der Waals surface area contributed by atoms with Crippen LogP contribution in [-0.4, -0.2) is 23.1 Å². The Hall–Kier alpha value is -1.92. The van der Waals surface area contributed by atoms with Gasteiger partial charge < -0.3 is 15.2 Å². The minimum Gasteiger partial charge on any atom is -0.497 e. The number of halogens is 1. The molecule has 2 N–H and O–H groups in total. The molecule has 0 saturated carbocycles. The highest BCUT2D eigenvalue weighted by Crippen LogP contribution is 2.16. The Balaban J connectivity index is 2.06. The van der Waals surface area contributed by atoms with Crippen LogP contribution in [0.25, 0.3) is 0 Å². The van der Waals surface area contributed by atoms with Gasteiger partial charge in [0.25, 0.3) is 5.91 Å². The van der Waals surface area contributed by atoms with E-state index in [0.29, 0.717) is 29.1 Å². The topological polar surface area (TPSA) is 71.5 Å². The monoisotopic (exact) mass is 350 g/mol. The van der Waals surface area contributed by atoms with E-state index in [9.17, 15) is 4.79 Å². The normalized spacial score (nSPS) is 10.2. The number of nitrogens with zero attached hydrogens (tertiary/aromatic N) is 1. The summed E-state index contributed by atoms with van der Waals surface area (Å²) in [4.78, 5) is 16.3. The van der Waals surface area contributed by atoms with Crippen molar-refractivity contribution in [1.29, 1.82) is 0 Å². The van der Waals surface area contributed by atoms with Crippen molar-refractivity contribution >= 4 is 21.8 Å². The summed E-state index contributed by atoms with van der Waals surface area (Å²) in [7, 11) is 1.58. The van der Waals surface area contributed by atoms with Crippen molar-refractivity contribution < 1.29 is 14.6 Å². The fourth-order valence-electron chi connectivity index (χ4n) is 1.83. The number of carbonyl (C=O) groups is 1. The minimum atomic E-state index is -0.226. The second-order valence-corrected chi connectivity index (χ2v) is 5.29. The van der Waals surface area contributed by atoms with Crippen molar-refractivity contribution in [2.24, 2.45) is 0 Å². The summed E-state index contributed by atoms with van der Waals surface area (Å²) in [5.41, 5.74) is 1.87. The third kappa shape index (κ3) is 4.27. The zero-order chi connectivity index (χ0) is 15.2. The molecule has 1 aromatic heterocycles. The molecule has 5 nitrogen and oxygen atoms in total. The third-order valence-corrected chi connectivity index (χ3v) is 3.31. The lowest BCUT2D eigenvalue weighted by Crippen LogP contribution is -2.23. The molecule has 0 fully saturated rings. The van der Waals surface area contributed by atoms with Gasteiger partial charge in [-0.05, 0) is 29.8 Å². The predicted octanol–water partition coefficient (Wildman–Crippen LogP) is 2.28. The molecule has 6 heteroatoms. The fourth-order valence-corrected chi connectivity index (χ4v) is 2.37. The number of hydrogen-bond donors (Lipinski definition) is 2. The Kier molecular flexibility index (Phi) is 5.30. The summed E-state index contributed by atoms with van der Waals surface area (Å²) in [5.74, 6) is 0.467. The summed E-state index contributed by atoms with van der Waals surface area (Å²) in [5, 5.41) is 11.9. The number of aliphatic hydroxyl groups is 1. The van der Waals surface area contributed by atoms with Crippen LogP contribution in [-0.2, 0) is 13.2 Å². The van der Waals surface area contributed by atoms with E-state index in [1.165, 1.54) is 0 Å². The Labute approximate surface area is 131 Å². The first-order chi connectivity index (χ1) is 10.1. The maximum atomic E-state index is 12.1. The third-order valence-electron chi connectivity index (χ3n) is 2.86. The van der Waals surface area contributed by atoms with Gasteiger partial charge in [-0.15, -0.1) is 0 Å². The van der Waals surface area contributed by atoms with Crippen LogP contribution in [0, 0.1) is 0 Å². The van der Waals surface area contributed by atoms with Gasteiger partial charge in [-0.2, -0.15) is 0 Å². The SMILES string of the molecule is COc1ccnc(CNC(=O)c2cc(Br)cc(CO)c2)c1. The smallest absolute Gasteiger partial charge is 0.251 e. The Bertz CT molecular complexity index is 647. The van der Waals surface area contributed by atoms with Gasteiger partial charge in [-0.1, -0.05) is 15.9 Å². The molecule has 1 amide bonds. The van der Waals surface area contributed by atoms with Crippen LogP contribution >= 0.6 is 15.9 Å². The minimum absolute atomic E-state index is 0.114. The second kappa shape index (κ2) is 7.19. The number of amides is 1. The van der Waals surface area contributed by atoms with Gasteiger partial charge in [0, 0.05) is 22.3 Å². The lowest BCUT2D eigenvalue weighted by Gasteiger charge is -2.08. The Morgan fingerprint density at radius 2 is 2.19 bits per heavy atom. The number of methoxy groups -OCH3 is 1. The standard InChI is InChI=1S/C15H15BrN2O3/c1-21-14-2-3-17-13(7-14)8-18-15(20)11-4-10(9-19)5-12(16)6-11/h2-7,19H,8-9H2,1H3,(H,18,20). The largest absolute Gasteiger partial charge is 0.497 e. The van der Waals surface area contributed by atoms with Crippen molar-refractivity contribution in [2.75, 3.05) is 7.11 Å². The van der Waals surface area contributed by atoms with E-state index in [4.69, 9.17) is 9.84 Å². The van der Waals surface area contributed by atoms with E-state index < -0.39 is 0 Å². The molecule has 0 aliphatic rings. The first-order valence-electron chi connectivity index (χ1n) is 6.30. The van der Waals surface area contributed by atoms with Gasteiger partial charge in [0.15, 0.2) is 0 Å². The molecule has 0 atom stereocenters. The maximum Gasteiger partial charge on any atom is 0.251 e. The van der Waals surface area contributed by atoms with Crippen LogP contribution in [0.4, 0.5) is 0 Å². The number of benzene rings is 1. The molecule has 2 rings (SSSR count). The van der Waals surface area contributed by atoms with Crippen LogP contribution in [0.15, 0.2) is 41.0 Å². The zero-order valence-electron chi connectivity index (χ0n) is 11.5. The highest BCUT2D eigenvalue weighted by Gasteiger charge is 2.08. The summed E-state index contributed by atoms with van der Waals surface area (Å²) in [6.45, 7) is 0.189. The number of carbonyl (C=O) groups excluding carboxylic acids is 1. The highest BCUT2D eigenvalue weighted by atomic mass is 79.9. The van der Waals surface area contributed by atoms with E-state index in [0.717, 1.165) is 4.47 Å². The molecule has 2 aromatic rings. The van der Waals surface area contributed by atoms with Crippen LogP contribution in [0.3, 0.4) is 0 Å². The van der Waals surface area contributed by atoms with Crippen LogP contribution in [0.5, 0.6) is 5.75 Å². The van der Waals surface area contributed by atoms with Gasteiger partial charge in [0.05, 0.1) is 26.0 Å². The predicted molar refractivity (Wildman–Crippen MR) is 82.0 cm³/mol. The number of aliphatic hydroxyl groups excluding tert-OH is 1. The van der Waals surface area contributed by atoms with E-state index in [2.05, 4.69) is 26.2 Å². The fraction of sp³-hybridized carbons (Fsp3) is 0.200. The van der Waals surface area contributed by atoms with Crippen LogP contribution in [0.1, 0.15) is 21.6 Å². The molecule has 0 bridgehead atoms. The molecule has 110 valence electrons. The lowest BCUT2D eigenvalue weighted by atomic mass is 10.1. The van der Waals surface area contributed by atoms with Crippen molar-refractivity contribution in [1.82, 2.24) is 10.3 Å².